The maximum atomic E-state index is 14.8. The fourth-order valence-corrected chi connectivity index (χ4v) is 5.99. The third kappa shape index (κ3) is 5.50. The minimum absolute atomic E-state index is 0.0349. The Morgan fingerprint density at radius 3 is 2.58 bits per heavy atom. The molecule has 0 amide bonds. The molecule has 210 valence electrons. The van der Waals surface area contributed by atoms with Gasteiger partial charge in [-0.05, 0) is 60.4 Å². The lowest BCUT2D eigenvalue weighted by Gasteiger charge is -2.29. The predicted octanol–water partition coefficient (Wildman–Crippen LogP) is 4.39. The van der Waals surface area contributed by atoms with Crippen LogP contribution in [0.15, 0.2) is 42.5 Å². The van der Waals surface area contributed by atoms with Gasteiger partial charge in [-0.2, -0.15) is 4.39 Å². The molecule has 2 aromatic carbocycles. The van der Waals surface area contributed by atoms with Crippen molar-refractivity contribution in [1.29, 1.82) is 0 Å². The number of nitrogen functional groups attached to an aromatic ring is 1. The lowest BCUT2D eigenvalue weighted by Crippen LogP contribution is -2.37. The van der Waals surface area contributed by atoms with Gasteiger partial charge in [-0.25, -0.2) is 23.4 Å². The van der Waals surface area contributed by atoms with Crippen molar-refractivity contribution in [2.45, 2.75) is 20.3 Å². The molecule has 5 rings (SSSR count). The summed E-state index contributed by atoms with van der Waals surface area (Å²) in [6.07, 6.45) is 0.512. The van der Waals surface area contributed by atoms with Gasteiger partial charge in [-0.15, -0.1) is 0 Å². The monoisotopic (exact) mass is 566 g/mol. The van der Waals surface area contributed by atoms with E-state index in [0.717, 1.165) is 16.7 Å². The number of rotatable bonds is 8. The quantitative estimate of drug-likeness (QED) is 0.298. The summed E-state index contributed by atoms with van der Waals surface area (Å²) < 4.78 is 53.9. The number of nitrogens with two attached hydrogens (primary N) is 1. The predicted molar refractivity (Wildman–Crippen MR) is 155 cm³/mol. The molecular weight excluding hydrogens is 535 g/mol. The molecule has 0 unspecified atom stereocenters. The molecule has 0 bridgehead atoms. The molecule has 12 heteroatoms. The molecule has 0 spiro atoms. The summed E-state index contributed by atoms with van der Waals surface area (Å²) in [6, 6.07) is 12.3. The van der Waals surface area contributed by atoms with Crippen molar-refractivity contribution >= 4 is 38.2 Å². The van der Waals surface area contributed by atoms with E-state index in [-0.39, 0.29) is 23.0 Å². The molecule has 10 nitrogen and oxygen atoms in total. The molecule has 2 aromatic heterocycles. The van der Waals surface area contributed by atoms with Crippen molar-refractivity contribution in [2.24, 2.45) is 0 Å². The second kappa shape index (κ2) is 11.2. The highest BCUT2D eigenvalue weighted by Gasteiger charge is 2.23. The van der Waals surface area contributed by atoms with Crippen LogP contribution in [0.4, 0.5) is 21.7 Å². The summed E-state index contributed by atoms with van der Waals surface area (Å²) in [5.74, 6) is 0.567. The maximum absolute atomic E-state index is 14.8. The molecule has 0 radical (unpaired) electrons. The zero-order chi connectivity index (χ0) is 28.4. The summed E-state index contributed by atoms with van der Waals surface area (Å²) in [4.78, 5) is 15.3. The highest BCUT2D eigenvalue weighted by atomic mass is 32.2. The van der Waals surface area contributed by atoms with E-state index >= 15 is 0 Å². The van der Waals surface area contributed by atoms with E-state index in [4.69, 9.17) is 25.2 Å². The van der Waals surface area contributed by atoms with Crippen LogP contribution in [0.1, 0.15) is 18.9 Å². The number of methoxy groups -OCH3 is 1. The lowest BCUT2D eigenvalue weighted by atomic mass is 9.97. The average molecular weight is 567 g/mol. The van der Waals surface area contributed by atoms with Gasteiger partial charge >= 0.3 is 0 Å². The van der Waals surface area contributed by atoms with Crippen LogP contribution in [0.5, 0.6) is 5.75 Å². The highest BCUT2D eigenvalue weighted by Crippen LogP contribution is 2.39. The number of sulfonamides is 1. The van der Waals surface area contributed by atoms with E-state index in [1.165, 1.54) is 12.1 Å². The number of nitrogens with zero attached hydrogens (tertiary/aromatic N) is 4. The number of morpholine rings is 1. The van der Waals surface area contributed by atoms with Gasteiger partial charge in [-0.3, -0.25) is 4.72 Å². The minimum Gasteiger partial charge on any atom is -0.494 e. The summed E-state index contributed by atoms with van der Waals surface area (Å²) in [5.41, 5.74) is 9.19. The fourth-order valence-electron chi connectivity index (χ4n) is 4.79. The second-order valence-electron chi connectivity index (χ2n) is 9.52. The van der Waals surface area contributed by atoms with Gasteiger partial charge in [0.25, 0.3) is 0 Å². The van der Waals surface area contributed by atoms with Crippen LogP contribution in [0.2, 0.25) is 0 Å². The summed E-state index contributed by atoms with van der Waals surface area (Å²) in [5, 5.41) is 0.708. The Balaban J connectivity index is 1.71. The van der Waals surface area contributed by atoms with Crippen LogP contribution in [-0.4, -0.2) is 62.5 Å². The molecule has 0 aliphatic carbocycles. The summed E-state index contributed by atoms with van der Waals surface area (Å²) in [6.45, 7) is 5.92. The number of hydrogen-bond donors (Lipinski definition) is 2. The van der Waals surface area contributed by atoms with Crippen LogP contribution < -0.4 is 20.1 Å². The van der Waals surface area contributed by atoms with E-state index < -0.39 is 16.0 Å². The van der Waals surface area contributed by atoms with E-state index in [0.29, 0.717) is 60.9 Å². The summed E-state index contributed by atoms with van der Waals surface area (Å²) in [7, 11) is -1.93. The number of nitrogens with one attached hydrogen (secondary N) is 1. The first-order valence-corrected chi connectivity index (χ1v) is 14.6. The summed E-state index contributed by atoms with van der Waals surface area (Å²) >= 11 is 0. The smallest absolute Gasteiger partial charge is 0.232 e. The van der Waals surface area contributed by atoms with Crippen LogP contribution in [0.3, 0.4) is 0 Å². The number of anilines is 3. The van der Waals surface area contributed by atoms with Gasteiger partial charge in [-0.1, -0.05) is 19.1 Å². The molecule has 3 N–H and O–H groups in total. The number of hydrogen-bond acceptors (Lipinski definition) is 9. The first kappa shape index (κ1) is 27.5. The molecule has 0 atom stereocenters. The van der Waals surface area contributed by atoms with Crippen LogP contribution in [0.25, 0.3) is 33.4 Å². The molecule has 0 saturated carbocycles. The lowest BCUT2D eigenvalue weighted by molar-refractivity contribution is 0.122. The van der Waals surface area contributed by atoms with Gasteiger partial charge in [0, 0.05) is 18.5 Å². The molecule has 40 heavy (non-hydrogen) atoms. The van der Waals surface area contributed by atoms with E-state index in [1.54, 1.807) is 13.2 Å². The van der Waals surface area contributed by atoms with Crippen molar-refractivity contribution in [1.82, 2.24) is 15.0 Å². The van der Waals surface area contributed by atoms with Crippen molar-refractivity contribution in [3.63, 3.8) is 0 Å². The topological polar surface area (TPSA) is 133 Å². The Kier molecular flexibility index (Phi) is 7.72. The Morgan fingerprint density at radius 1 is 1.10 bits per heavy atom. The van der Waals surface area contributed by atoms with E-state index in [9.17, 15) is 12.8 Å². The van der Waals surface area contributed by atoms with Gasteiger partial charge in [0.1, 0.15) is 22.9 Å². The SMILES string of the molecule is CCCS(=O)(=O)Nc1cccc(-c2cc(OC)c3nc(-c4ccc(N)nc4F)nc(N4CCOCC4)c3c2)c1C. The Bertz CT molecular complexity index is 1680. The molecular formula is C28H31FN6O4S. The number of aromatic nitrogens is 3. The Morgan fingerprint density at radius 2 is 1.88 bits per heavy atom. The van der Waals surface area contributed by atoms with Gasteiger partial charge in [0.15, 0.2) is 5.82 Å². The number of pyridine rings is 1. The van der Waals surface area contributed by atoms with E-state index in [2.05, 4.69) is 14.6 Å². The zero-order valence-corrected chi connectivity index (χ0v) is 23.4. The van der Waals surface area contributed by atoms with Crippen LogP contribution in [-0.2, 0) is 14.8 Å². The first-order valence-electron chi connectivity index (χ1n) is 13.0. The number of halogens is 1. The Labute approximate surface area is 232 Å². The normalized spacial score (nSPS) is 13.9. The first-order chi connectivity index (χ1) is 19.2. The Hall–Kier alpha value is -4.03. The van der Waals surface area contributed by atoms with Gasteiger partial charge in [0.05, 0.1) is 37.3 Å². The third-order valence-electron chi connectivity index (χ3n) is 6.77. The largest absolute Gasteiger partial charge is 0.494 e. The second-order valence-corrected chi connectivity index (χ2v) is 11.4. The fraction of sp³-hybridized carbons (Fsp3) is 0.321. The molecule has 1 aliphatic heterocycles. The number of benzene rings is 2. The van der Waals surface area contributed by atoms with Crippen LogP contribution in [0, 0.1) is 12.9 Å². The van der Waals surface area contributed by atoms with Crippen molar-refractivity contribution in [3.05, 3.63) is 54.0 Å². The van der Waals surface area contributed by atoms with Gasteiger partial charge in [0.2, 0.25) is 16.0 Å². The molecule has 4 aromatic rings. The van der Waals surface area contributed by atoms with Crippen molar-refractivity contribution < 1.29 is 22.3 Å². The number of fused-ring (bicyclic) bond motifs is 1. The number of ether oxygens (including phenoxy) is 2. The minimum atomic E-state index is -3.47. The van der Waals surface area contributed by atoms with Crippen molar-refractivity contribution in [2.75, 3.05) is 54.5 Å². The molecule has 1 aliphatic rings. The van der Waals surface area contributed by atoms with Gasteiger partial charge < -0.3 is 20.1 Å². The third-order valence-corrected chi connectivity index (χ3v) is 8.25. The maximum Gasteiger partial charge on any atom is 0.232 e. The average Bonchev–Trinajstić information content (AvgIpc) is 2.93. The standard InChI is InChI=1S/C28H31FN6O4S/c1-4-14-40(36,37)34-22-7-5-6-19(17(22)2)18-15-21-25(23(16-18)38-3)32-27(20-8-9-24(30)31-26(20)29)33-28(21)35-10-12-39-13-11-35/h5-9,15-16,34H,4,10-14H2,1-3H3,(H2,30,31). The highest BCUT2D eigenvalue weighted by molar-refractivity contribution is 7.92. The molecule has 1 saturated heterocycles. The zero-order valence-electron chi connectivity index (χ0n) is 22.6. The van der Waals surface area contributed by atoms with Crippen LogP contribution >= 0.6 is 0 Å². The molecule has 3 heterocycles. The van der Waals surface area contributed by atoms with Crippen molar-refractivity contribution in [3.8, 4) is 28.3 Å². The van der Waals surface area contributed by atoms with E-state index in [1.807, 2.05) is 38.1 Å². The molecule has 1 fully saturated rings.